The van der Waals surface area contributed by atoms with Gasteiger partial charge in [0.2, 0.25) is 5.91 Å². The first-order valence-electron chi connectivity index (χ1n) is 5.35. The Bertz CT molecular complexity index is 448. The Morgan fingerprint density at radius 2 is 2.05 bits per heavy atom. The zero-order valence-electron chi connectivity index (χ0n) is 10.1. The van der Waals surface area contributed by atoms with E-state index in [1.54, 1.807) is 23.5 Å². The molecule has 104 valence electrons. The minimum absolute atomic E-state index is 0.241. The van der Waals surface area contributed by atoms with Crippen LogP contribution < -0.4 is 10.2 Å². The zero-order chi connectivity index (χ0) is 14.5. The van der Waals surface area contributed by atoms with E-state index in [1.807, 2.05) is 0 Å². The van der Waals surface area contributed by atoms with Crippen molar-refractivity contribution in [3.63, 3.8) is 0 Å². The Kier molecular flexibility index (Phi) is 4.85. The predicted octanol–water partition coefficient (Wildman–Crippen LogP) is 1.11. The van der Waals surface area contributed by atoms with Crippen molar-refractivity contribution in [3.05, 3.63) is 24.4 Å². The van der Waals surface area contributed by atoms with E-state index in [-0.39, 0.29) is 13.0 Å². The average Bonchev–Trinajstić information content (AvgIpc) is 2.37. The number of hydrogen-bond donors (Lipinski definition) is 1. The molecule has 8 heteroatoms. The zero-order valence-corrected chi connectivity index (χ0v) is 10.1. The molecule has 0 aliphatic rings. The van der Waals surface area contributed by atoms with E-state index in [4.69, 9.17) is 0 Å². The highest BCUT2D eigenvalue weighted by atomic mass is 19.4. The van der Waals surface area contributed by atoms with Gasteiger partial charge in [0.1, 0.15) is 5.82 Å². The second-order valence-corrected chi connectivity index (χ2v) is 3.64. The third-order valence-corrected chi connectivity index (χ3v) is 2.25. The van der Waals surface area contributed by atoms with Crippen molar-refractivity contribution in [2.45, 2.75) is 12.6 Å². The lowest BCUT2D eigenvalue weighted by Crippen LogP contribution is -2.39. The third kappa shape index (κ3) is 4.57. The number of carbonyl (C=O) groups excluding carboxylic acids is 2. The molecule has 19 heavy (non-hydrogen) atoms. The van der Waals surface area contributed by atoms with Crippen LogP contribution in [-0.4, -0.2) is 36.6 Å². The van der Waals surface area contributed by atoms with Crippen molar-refractivity contribution in [1.29, 1.82) is 0 Å². The minimum atomic E-state index is -4.93. The number of nitrogens with zero attached hydrogens (tertiary/aromatic N) is 2. The summed E-state index contributed by atoms with van der Waals surface area (Å²) in [6.45, 7) is -0.381. The summed E-state index contributed by atoms with van der Waals surface area (Å²) in [6.07, 6.45) is -3.69. The Morgan fingerprint density at radius 1 is 1.37 bits per heavy atom. The summed E-state index contributed by atoms with van der Waals surface area (Å²) in [5.74, 6) is -2.11. The number of anilines is 1. The van der Waals surface area contributed by atoms with Crippen molar-refractivity contribution < 1.29 is 22.8 Å². The summed E-state index contributed by atoms with van der Waals surface area (Å²) < 4.78 is 35.6. The molecule has 0 aromatic carbocycles. The smallest absolute Gasteiger partial charge is 0.348 e. The maximum atomic E-state index is 11.9. The van der Waals surface area contributed by atoms with E-state index >= 15 is 0 Å². The number of carbonyl (C=O) groups is 2. The van der Waals surface area contributed by atoms with E-state index in [0.29, 0.717) is 5.82 Å². The summed E-state index contributed by atoms with van der Waals surface area (Å²) >= 11 is 0. The maximum absolute atomic E-state index is 11.9. The number of amides is 2. The molecule has 1 aromatic rings. The summed E-state index contributed by atoms with van der Waals surface area (Å²) in [4.78, 5) is 27.3. The number of hydrogen-bond acceptors (Lipinski definition) is 3. The highest BCUT2D eigenvalue weighted by Crippen LogP contribution is 2.14. The van der Waals surface area contributed by atoms with Crippen LogP contribution in [0.25, 0.3) is 0 Å². The second kappa shape index (κ2) is 6.17. The van der Waals surface area contributed by atoms with Gasteiger partial charge in [-0.3, -0.25) is 14.5 Å². The van der Waals surface area contributed by atoms with Gasteiger partial charge in [-0.05, 0) is 12.1 Å². The maximum Gasteiger partial charge on any atom is 0.471 e. The molecule has 0 fully saturated rings. The fraction of sp³-hybridized carbons (Fsp3) is 0.364. The van der Waals surface area contributed by atoms with Crippen molar-refractivity contribution in [3.8, 4) is 0 Å². The first-order chi connectivity index (χ1) is 8.82. The lowest BCUT2D eigenvalue weighted by Gasteiger charge is -2.16. The molecule has 0 aliphatic carbocycles. The van der Waals surface area contributed by atoms with Gasteiger partial charge >= 0.3 is 12.1 Å². The van der Waals surface area contributed by atoms with Crippen molar-refractivity contribution in [2.24, 2.45) is 0 Å². The molecule has 1 heterocycles. The highest BCUT2D eigenvalue weighted by molar-refractivity contribution is 5.92. The van der Waals surface area contributed by atoms with E-state index in [1.165, 1.54) is 18.1 Å². The normalized spacial score (nSPS) is 10.9. The fourth-order valence-corrected chi connectivity index (χ4v) is 1.23. The number of rotatable bonds is 4. The lowest BCUT2D eigenvalue weighted by molar-refractivity contribution is -0.173. The van der Waals surface area contributed by atoms with E-state index < -0.39 is 18.0 Å². The predicted molar refractivity (Wildman–Crippen MR) is 61.3 cm³/mol. The molecule has 0 aliphatic heterocycles. The number of alkyl halides is 3. The minimum Gasteiger partial charge on any atom is -0.348 e. The van der Waals surface area contributed by atoms with Crippen LogP contribution in [0.3, 0.4) is 0 Å². The van der Waals surface area contributed by atoms with Gasteiger partial charge in [0, 0.05) is 26.2 Å². The van der Waals surface area contributed by atoms with Crippen LogP contribution in [0.4, 0.5) is 19.0 Å². The van der Waals surface area contributed by atoms with Crippen molar-refractivity contribution in [2.75, 3.05) is 18.5 Å². The molecule has 5 nitrogen and oxygen atoms in total. The Balaban J connectivity index is 2.42. The first kappa shape index (κ1) is 14.9. The number of pyridine rings is 1. The second-order valence-electron chi connectivity index (χ2n) is 3.64. The van der Waals surface area contributed by atoms with Gasteiger partial charge in [-0.1, -0.05) is 6.07 Å². The van der Waals surface area contributed by atoms with Crippen molar-refractivity contribution >= 4 is 17.6 Å². The van der Waals surface area contributed by atoms with Gasteiger partial charge in [-0.15, -0.1) is 0 Å². The van der Waals surface area contributed by atoms with Gasteiger partial charge in [-0.25, -0.2) is 4.98 Å². The average molecular weight is 275 g/mol. The molecule has 0 radical (unpaired) electrons. The summed E-state index contributed by atoms with van der Waals surface area (Å²) in [5.41, 5.74) is 0. The van der Waals surface area contributed by atoms with Crippen LogP contribution in [0.2, 0.25) is 0 Å². The Labute approximate surface area is 107 Å². The Morgan fingerprint density at radius 3 is 2.58 bits per heavy atom. The van der Waals surface area contributed by atoms with Crippen LogP contribution in [-0.2, 0) is 9.59 Å². The van der Waals surface area contributed by atoms with Gasteiger partial charge in [0.05, 0.1) is 0 Å². The van der Waals surface area contributed by atoms with Gasteiger partial charge < -0.3 is 5.32 Å². The molecule has 0 atom stereocenters. The molecule has 1 aromatic heterocycles. The standard InChI is InChI=1S/C11H12F3N3O2/c1-17(8-4-2-3-6-15-8)9(18)5-7-16-10(19)11(12,13)14/h2-4,6H,5,7H2,1H3,(H,16,19). The number of halogens is 3. The highest BCUT2D eigenvalue weighted by Gasteiger charge is 2.38. The molecule has 0 spiro atoms. The van der Waals surface area contributed by atoms with Gasteiger partial charge in [0.15, 0.2) is 0 Å². The molecule has 2 amide bonds. The summed E-state index contributed by atoms with van der Waals surface area (Å²) in [7, 11) is 1.45. The van der Waals surface area contributed by atoms with Gasteiger partial charge in [-0.2, -0.15) is 13.2 Å². The largest absolute Gasteiger partial charge is 0.471 e. The molecule has 1 N–H and O–H groups in total. The molecule has 1 rings (SSSR count). The monoisotopic (exact) mass is 275 g/mol. The molecular formula is C11H12F3N3O2. The van der Waals surface area contributed by atoms with Crippen molar-refractivity contribution in [1.82, 2.24) is 10.3 Å². The first-order valence-corrected chi connectivity index (χ1v) is 5.35. The third-order valence-electron chi connectivity index (χ3n) is 2.25. The van der Waals surface area contributed by atoms with E-state index in [2.05, 4.69) is 4.98 Å². The number of nitrogens with one attached hydrogen (secondary N) is 1. The van der Waals surface area contributed by atoms with E-state index in [9.17, 15) is 22.8 Å². The SMILES string of the molecule is CN(C(=O)CCNC(=O)C(F)(F)F)c1ccccn1. The molecule has 0 saturated carbocycles. The van der Waals surface area contributed by atoms with Crippen LogP contribution in [0, 0.1) is 0 Å². The summed E-state index contributed by atoms with van der Waals surface area (Å²) in [5, 5.41) is 1.63. The van der Waals surface area contributed by atoms with Crippen LogP contribution in [0.1, 0.15) is 6.42 Å². The molecule has 0 saturated heterocycles. The van der Waals surface area contributed by atoms with Crippen LogP contribution >= 0.6 is 0 Å². The van der Waals surface area contributed by atoms with Gasteiger partial charge in [0.25, 0.3) is 0 Å². The quantitative estimate of drug-likeness (QED) is 0.895. The van der Waals surface area contributed by atoms with E-state index in [0.717, 1.165) is 0 Å². The lowest BCUT2D eigenvalue weighted by atomic mass is 10.3. The molecule has 0 bridgehead atoms. The van der Waals surface area contributed by atoms with Crippen LogP contribution in [0.15, 0.2) is 24.4 Å². The number of aromatic nitrogens is 1. The Hall–Kier alpha value is -2.12. The van der Waals surface area contributed by atoms with Crippen LogP contribution in [0.5, 0.6) is 0 Å². The summed E-state index contributed by atoms with van der Waals surface area (Å²) in [6, 6.07) is 4.94. The fourth-order valence-electron chi connectivity index (χ4n) is 1.23. The topological polar surface area (TPSA) is 62.3 Å². The molecule has 0 unspecified atom stereocenters. The molecular weight excluding hydrogens is 263 g/mol.